The molecule has 1 spiro atoms. The number of hydrogen-bond donors (Lipinski definition) is 1. The Balaban J connectivity index is 0.00000225. The Morgan fingerprint density at radius 2 is 1.93 bits per heavy atom. The molecule has 1 fully saturated rings. The maximum atomic E-state index is 14.0. The van der Waals surface area contributed by atoms with Crippen LogP contribution in [0.3, 0.4) is 0 Å². The fraction of sp³-hybridized carbons (Fsp3) is 0.364. The molecule has 28 heavy (non-hydrogen) atoms. The molecule has 2 aromatic carbocycles. The van der Waals surface area contributed by atoms with Crippen molar-refractivity contribution in [3.05, 3.63) is 70.5 Å². The zero-order chi connectivity index (χ0) is 19.0. The summed E-state index contributed by atoms with van der Waals surface area (Å²) >= 11 is 0. The van der Waals surface area contributed by atoms with E-state index < -0.39 is 12.0 Å². The highest BCUT2D eigenvalue weighted by atomic mass is 32.1. The molecule has 4 rings (SSSR count). The highest BCUT2D eigenvalue weighted by molar-refractivity contribution is 7.59. The van der Waals surface area contributed by atoms with E-state index in [1.54, 1.807) is 29.2 Å². The van der Waals surface area contributed by atoms with E-state index in [0.29, 0.717) is 30.6 Å². The minimum absolute atomic E-state index is 0. The van der Waals surface area contributed by atoms with Gasteiger partial charge in [0.15, 0.2) is 5.78 Å². The predicted molar refractivity (Wildman–Crippen MR) is 109 cm³/mol. The van der Waals surface area contributed by atoms with Crippen LogP contribution in [0.5, 0.6) is 0 Å². The minimum atomic E-state index is -0.515. The number of benzene rings is 2. The van der Waals surface area contributed by atoms with E-state index >= 15 is 0 Å². The van der Waals surface area contributed by atoms with Crippen LogP contribution in [-0.4, -0.2) is 34.8 Å². The van der Waals surface area contributed by atoms with Crippen molar-refractivity contribution in [2.75, 3.05) is 13.2 Å². The largest absolute Gasteiger partial charge is 0.388 e. The first-order valence-electron chi connectivity index (χ1n) is 9.31. The van der Waals surface area contributed by atoms with Gasteiger partial charge in [-0.2, -0.15) is 13.5 Å². The number of halogens is 1. The first-order valence-corrected chi connectivity index (χ1v) is 9.31. The molecule has 148 valence electrons. The van der Waals surface area contributed by atoms with Crippen LogP contribution < -0.4 is 0 Å². The van der Waals surface area contributed by atoms with Gasteiger partial charge >= 0.3 is 0 Å². The Bertz CT molecular complexity index is 916. The van der Waals surface area contributed by atoms with E-state index in [1.165, 1.54) is 6.07 Å². The number of carbonyl (C=O) groups excluding carboxylic acids is 2. The van der Waals surface area contributed by atoms with Crippen molar-refractivity contribution in [3.63, 3.8) is 0 Å². The molecule has 6 heteroatoms. The second kappa shape index (κ2) is 8.05. The van der Waals surface area contributed by atoms with Gasteiger partial charge < -0.3 is 10.0 Å². The number of Topliss-reactive ketones (excluding diaryl/α,β-unsaturated/α-hetero) is 1. The van der Waals surface area contributed by atoms with E-state index in [4.69, 9.17) is 5.11 Å². The highest BCUT2D eigenvalue weighted by Crippen LogP contribution is 2.44. The Morgan fingerprint density at radius 3 is 2.68 bits per heavy atom. The van der Waals surface area contributed by atoms with E-state index in [-0.39, 0.29) is 31.0 Å². The van der Waals surface area contributed by atoms with Gasteiger partial charge in [-0.15, -0.1) is 0 Å². The van der Waals surface area contributed by atoms with Crippen molar-refractivity contribution in [1.29, 1.82) is 0 Å². The summed E-state index contributed by atoms with van der Waals surface area (Å²) in [4.78, 5) is 26.7. The number of aryl methyl sites for hydroxylation is 1. The van der Waals surface area contributed by atoms with Gasteiger partial charge in [0.2, 0.25) is 5.91 Å². The Morgan fingerprint density at radius 1 is 1.14 bits per heavy atom. The van der Waals surface area contributed by atoms with Gasteiger partial charge in [-0.3, -0.25) is 9.59 Å². The van der Waals surface area contributed by atoms with Gasteiger partial charge in [-0.05, 0) is 48.9 Å². The average molecular weight is 402 g/mol. The lowest BCUT2D eigenvalue weighted by molar-refractivity contribution is -0.137. The fourth-order valence-corrected chi connectivity index (χ4v) is 4.40. The van der Waals surface area contributed by atoms with Crippen LogP contribution in [0.4, 0.5) is 4.39 Å². The summed E-state index contributed by atoms with van der Waals surface area (Å²) in [7, 11) is 0. The van der Waals surface area contributed by atoms with Crippen LogP contribution in [0.1, 0.15) is 39.9 Å². The summed E-state index contributed by atoms with van der Waals surface area (Å²) in [6.45, 7) is 0.403. The third kappa shape index (κ3) is 3.59. The van der Waals surface area contributed by atoms with Gasteiger partial charge in [0.25, 0.3) is 0 Å². The summed E-state index contributed by atoms with van der Waals surface area (Å²) in [5, 5.41) is 9.10. The van der Waals surface area contributed by atoms with Crippen molar-refractivity contribution in [3.8, 4) is 0 Å². The van der Waals surface area contributed by atoms with Crippen LogP contribution in [0.25, 0.3) is 0 Å². The van der Waals surface area contributed by atoms with E-state index in [9.17, 15) is 14.0 Å². The zero-order valence-electron chi connectivity index (χ0n) is 15.6. The highest BCUT2D eigenvalue weighted by Gasteiger charge is 2.48. The number of aliphatic hydroxyl groups is 1. The molecule has 2 aromatic rings. The van der Waals surface area contributed by atoms with E-state index in [1.807, 2.05) is 12.1 Å². The minimum Gasteiger partial charge on any atom is -0.388 e. The lowest BCUT2D eigenvalue weighted by Gasteiger charge is -2.33. The second-order valence-electron chi connectivity index (χ2n) is 7.59. The van der Waals surface area contributed by atoms with Crippen molar-refractivity contribution < 1.29 is 19.1 Å². The first kappa shape index (κ1) is 20.6. The normalized spacial score (nSPS) is 20.8. The SMILES string of the molecule is O=C(CO)c1ccc2c(c1)C[C@@]1(CC2)CCN(Cc2ccccc2F)C1=O.S. The average Bonchev–Trinajstić information content (AvgIpc) is 2.98. The number of fused-ring (bicyclic) bond motifs is 1. The number of likely N-dealkylation sites (tertiary alicyclic amines) is 1. The van der Waals surface area contributed by atoms with Crippen molar-refractivity contribution in [2.24, 2.45) is 5.41 Å². The molecule has 4 nitrogen and oxygen atoms in total. The third-order valence-electron chi connectivity index (χ3n) is 5.99. The maximum Gasteiger partial charge on any atom is 0.229 e. The summed E-state index contributed by atoms with van der Waals surface area (Å²) in [6, 6.07) is 12.1. The van der Waals surface area contributed by atoms with Crippen LogP contribution in [0, 0.1) is 11.2 Å². The Hall–Kier alpha value is -2.18. The molecular formula is C22H24FNO3S. The van der Waals surface area contributed by atoms with Crippen molar-refractivity contribution in [1.82, 2.24) is 4.90 Å². The first-order chi connectivity index (χ1) is 13.0. The summed E-state index contributed by atoms with van der Waals surface area (Å²) < 4.78 is 14.0. The van der Waals surface area contributed by atoms with Crippen LogP contribution in [0.2, 0.25) is 0 Å². The molecule has 1 heterocycles. The molecule has 0 saturated carbocycles. The van der Waals surface area contributed by atoms with Crippen molar-refractivity contribution >= 4 is 25.2 Å². The molecule has 1 saturated heterocycles. The Kier molecular flexibility index (Phi) is 5.91. The van der Waals surface area contributed by atoms with Crippen LogP contribution in [0.15, 0.2) is 42.5 Å². The Labute approximate surface area is 170 Å². The van der Waals surface area contributed by atoms with Gasteiger partial charge in [0, 0.05) is 24.2 Å². The molecule has 1 aliphatic heterocycles. The number of carbonyl (C=O) groups is 2. The lowest BCUT2D eigenvalue weighted by atomic mass is 9.70. The van der Waals surface area contributed by atoms with Gasteiger partial charge in [0.05, 0.1) is 5.41 Å². The molecule has 0 unspecified atom stereocenters. The summed E-state index contributed by atoms with van der Waals surface area (Å²) in [6.07, 6.45) is 2.92. The van der Waals surface area contributed by atoms with Gasteiger partial charge in [-0.25, -0.2) is 4.39 Å². The maximum absolute atomic E-state index is 14.0. The predicted octanol–water partition coefficient (Wildman–Crippen LogP) is 3.02. The number of ketones is 1. The van der Waals surface area contributed by atoms with E-state index in [2.05, 4.69) is 0 Å². The summed E-state index contributed by atoms with van der Waals surface area (Å²) in [5.74, 6) is -0.515. The summed E-state index contributed by atoms with van der Waals surface area (Å²) in [5.41, 5.74) is 2.74. The molecule has 1 N–H and O–H groups in total. The van der Waals surface area contributed by atoms with E-state index in [0.717, 1.165) is 30.4 Å². The quantitative estimate of drug-likeness (QED) is 0.802. The molecule has 1 aliphatic carbocycles. The smallest absolute Gasteiger partial charge is 0.229 e. The zero-order valence-corrected chi connectivity index (χ0v) is 16.6. The van der Waals surface area contributed by atoms with Crippen molar-refractivity contribution in [2.45, 2.75) is 32.2 Å². The topological polar surface area (TPSA) is 57.6 Å². The molecule has 1 atom stereocenters. The second-order valence-corrected chi connectivity index (χ2v) is 7.59. The van der Waals surface area contributed by atoms with Crippen LogP contribution >= 0.6 is 13.5 Å². The van der Waals surface area contributed by atoms with Gasteiger partial charge in [-0.1, -0.05) is 30.3 Å². The molecule has 0 radical (unpaired) electrons. The van der Waals surface area contributed by atoms with Gasteiger partial charge in [0.1, 0.15) is 12.4 Å². The van der Waals surface area contributed by atoms with Crippen LogP contribution in [-0.2, 0) is 24.2 Å². The third-order valence-corrected chi connectivity index (χ3v) is 5.99. The molecule has 0 bridgehead atoms. The standard InChI is InChI=1S/C22H22FNO3.H2S/c23-19-4-2-1-3-17(19)13-24-10-9-22(21(24)27)8-7-15-5-6-16(20(26)14-25)11-18(15)12-22;/h1-6,11,25H,7-10,12-14H2;1H2/t22-;/m1./s1. The molecule has 2 aliphatic rings. The molecule has 1 amide bonds. The number of nitrogens with zero attached hydrogens (tertiary/aromatic N) is 1. The number of amides is 1. The molecular weight excluding hydrogens is 377 g/mol. The monoisotopic (exact) mass is 401 g/mol. The fourth-order valence-electron chi connectivity index (χ4n) is 4.40. The lowest BCUT2D eigenvalue weighted by Crippen LogP contribution is -2.38. The number of hydrogen-bond acceptors (Lipinski definition) is 3. The number of aliphatic hydroxyl groups excluding tert-OH is 1. The number of rotatable bonds is 4. The molecule has 0 aromatic heterocycles.